The third-order valence-corrected chi connectivity index (χ3v) is 1.04. The van der Waals surface area contributed by atoms with Gasteiger partial charge in [0.1, 0.15) is 6.61 Å². The molecule has 1 saturated heterocycles. The zero-order valence-corrected chi connectivity index (χ0v) is 5.60. The quantitative estimate of drug-likeness (QED) is 0.505. The molecule has 0 bridgehead atoms. The lowest BCUT2D eigenvalue weighted by molar-refractivity contribution is -0.0637. The van der Waals surface area contributed by atoms with E-state index in [0.717, 1.165) is 6.61 Å². The third kappa shape index (κ3) is 1.46. The molecule has 0 amide bonds. The van der Waals surface area contributed by atoms with Gasteiger partial charge in [-0.3, -0.25) is 0 Å². The highest BCUT2D eigenvalue weighted by Gasteiger charge is 2.41. The number of rotatable bonds is 2. The standard InChI is InChI=1S/C6H12O2/c1-5(2)8-6(3)4-7-6/h5H,4H2,1-3H3/t6-/m1/s1. The molecule has 1 rings (SSSR count). The Morgan fingerprint density at radius 2 is 2.12 bits per heavy atom. The van der Waals surface area contributed by atoms with Crippen LogP contribution >= 0.6 is 0 Å². The molecule has 1 fully saturated rings. The summed E-state index contributed by atoms with van der Waals surface area (Å²) in [5.74, 6) is -0.228. The average molecular weight is 116 g/mol. The molecule has 1 aliphatic heterocycles. The molecule has 1 heterocycles. The Hall–Kier alpha value is -0.0800. The van der Waals surface area contributed by atoms with Crippen LogP contribution in [-0.2, 0) is 9.47 Å². The zero-order valence-electron chi connectivity index (χ0n) is 5.60. The molecule has 0 aromatic carbocycles. The molecule has 48 valence electrons. The first kappa shape index (κ1) is 6.05. The summed E-state index contributed by atoms with van der Waals surface area (Å²) in [6.45, 7) is 6.72. The third-order valence-electron chi connectivity index (χ3n) is 1.04. The molecule has 0 N–H and O–H groups in total. The molecule has 1 atom stereocenters. The molecule has 8 heavy (non-hydrogen) atoms. The molecule has 0 aliphatic carbocycles. The van der Waals surface area contributed by atoms with Crippen LogP contribution in [0, 0.1) is 0 Å². The van der Waals surface area contributed by atoms with Gasteiger partial charge < -0.3 is 9.47 Å². The van der Waals surface area contributed by atoms with Crippen molar-refractivity contribution in [2.24, 2.45) is 0 Å². The molecule has 2 nitrogen and oxygen atoms in total. The van der Waals surface area contributed by atoms with Crippen molar-refractivity contribution in [3.05, 3.63) is 0 Å². The van der Waals surface area contributed by atoms with Crippen molar-refractivity contribution in [3.63, 3.8) is 0 Å². The maximum Gasteiger partial charge on any atom is 0.189 e. The lowest BCUT2D eigenvalue weighted by Gasteiger charge is -2.09. The van der Waals surface area contributed by atoms with Gasteiger partial charge in [0, 0.05) is 0 Å². The normalized spacial score (nSPS) is 36.0. The van der Waals surface area contributed by atoms with Gasteiger partial charge in [-0.1, -0.05) is 0 Å². The van der Waals surface area contributed by atoms with Crippen LogP contribution in [0.1, 0.15) is 20.8 Å². The Morgan fingerprint density at radius 1 is 1.62 bits per heavy atom. The van der Waals surface area contributed by atoms with E-state index in [1.54, 1.807) is 0 Å². The smallest absolute Gasteiger partial charge is 0.189 e. The fraction of sp³-hybridized carbons (Fsp3) is 1.00. The second kappa shape index (κ2) is 1.71. The van der Waals surface area contributed by atoms with Crippen LogP contribution in [-0.4, -0.2) is 18.5 Å². The van der Waals surface area contributed by atoms with Gasteiger partial charge in [-0.05, 0) is 20.8 Å². The fourth-order valence-electron chi connectivity index (χ4n) is 0.668. The lowest BCUT2D eigenvalue weighted by Crippen LogP contribution is -2.16. The number of hydrogen-bond donors (Lipinski definition) is 0. The van der Waals surface area contributed by atoms with Crippen molar-refractivity contribution in [2.45, 2.75) is 32.7 Å². The molecule has 0 radical (unpaired) electrons. The first-order valence-corrected chi connectivity index (χ1v) is 2.94. The minimum atomic E-state index is -0.228. The maximum absolute atomic E-state index is 5.33. The molecular weight excluding hydrogens is 104 g/mol. The predicted molar refractivity (Wildman–Crippen MR) is 30.6 cm³/mol. The van der Waals surface area contributed by atoms with Crippen molar-refractivity contribution < 1.29 is 9.47 Å². The molecule has 0 aromatic heterocycles. The minimum absolute atomic E-state index is 0.228. The van der Waals surface area contributed by atoms with E-state index in [9.17, 15) is 0 Å². The van der Waals surface area contributed by atoms with Gasteiger partial charge in [-0.25, -0.2) is 0 Å². The summed E-state index contributed by atoms with van der Waals surface area (Å²) in [6, 6.07) is 0. The highest BCUT2D eigenvalue weighted by molar-refractivity contribution is 4.75. The average Bonchev–Trinajstić information content (AvgIpc) is 2.17. The topological polar surface area (TPSA) is 21.8 Å². The summed E-state index contributed by atoms with van der Waals surface area (Å²) in [7, 11) is 0. The largest absolute Gasteiger partial charge is 0.345 e. The lowest BCUT2D eigenvalue weighted by atomic mass is 10.4. The number of epoxide rings is 1. The first-order chi connectivity index (χ1) is 3.62. The van der Waals surface area contributed by atoms with E-state index in [1.165, 1.54) is 0 Å². The van der Waals surface area contributed by atoms with Crippen LogP contribution in [0.25, 0.3) is 0 Å². The van der Waals surface area contributed by atoms with E-state index in [0.29, 0.717) is 0 Å². The van der Waals surface area contributed by atoms with Crippen molar-refractivity contribution in [3.8, 4) is 0 Å². The Balaban J connectivity index is 2.19. The minimum Gasteiger partial charge on any atom is -0.345 e. The van der Waals surface area contributed by atoms with Gasteiger partial charge in [0.2, 0.25) is 0 Å². The highest BCUT2D eigenvalue weighted by atomic mass is 16.8. The molecule has 0 aromatic rings. The molecule has 2 heteroatoms. The van der Waals surface area contributed by atoms with Crippen molar-refractivity contribution in [1.82, 2.24) is 0 Å². The molecule has 0 unspecified atom stereocenters. The van der Waals surface area contributed by atoms with Gasteiger partial charge in [-0.2, -0.15) is 0 Å². The Bertz CT molecular complexity index is 84.5. The van der Waals surface area contributed by atoms with E-state index in [1.807, 2.05) is 20.8 Å². The summed E-state index contributed by atoms with van der Waals surface area (Å²) in [5, 5.41) is 0. The van der Waals surface area contributed by atoms with Gasteiger partial charge in [0.05, 0.1) is 6.10 Å². The van der Waals surface area contributed by atoms with Gasteiger partial charge >= 0.3 is 0 Å². The Labute approximate surface area is 49.8 Å². The summed E-state index contributed by atoms with van der Waals surface area (Å²) in [4.78, 5) is 0. The Kier molecular flexibility index (Phi) is 1.29. The zero-order chi connectivity index (χ0) is 6.20. The van der Waals surface area contributed by atoms with E-state index >= 15 is 0 Å². The predicted octanol–water partition coefficient (Wildman–Crippen LogP) is 1.16. The van der Waals surface area contributed by atoms with Gasteiger partial charge in [0.25, 0.3) is 0 Å². The maximum atomic E-state index is 5.33. The van der Waals surface area contributed by atoms with Crippen LogP contribution < -0.4 is 0 Å². The van der Waals surface area contributed by atoms with E-state index < -0.39 is 0 Å². The summed E-state index contributed by atoms with van der Waals surface area (Å²) in [5.41, 5.74) is 0. The van der Waals surface area contributed by atoms with Crippen LogP contribution in [0.2, 0.25) is 0 Å². The SMILES string of the molecule is CC(C)O[C@]1(C)CO1. The van der Waals surface area contributed by atoms with E-state index in [4.69, 9.17) is 9.47 Å². The van der Waals surface area contributed by atoms with E-state index in [2.05, 4.69) is 0 Å². The van der Waals surface area contributed by atoms with Gasteiger partial charge in [0.15, 0.2) is 5.79 Å². The van der Waals surface area contributed by atoms with Crippen LogP contribution in [0.4, 0.5) is 0 Å². The molecule has 1 aliphatic rings. The van der Waals surface area contributed by atoms with Gasteiger partial charge in [-0.15, -0.1) is 0 Å². The number of hydrogen-bond acceptors (Lipinski definition) is 2. The van der Waals surface area contributed by atoms with Crippen LogP contribution in [0.5, 0.6) is 0 Å². The van der Waals surface area contributed by atoms with Crippen LogP contribution in [0.3, 0.4) is 0 Å². The van der Waals surface area contributed by atoms with Crippen molar-refractivity contribution >= 4 is 0 Å². The monoisotopic (exact) mass is 116 g/mol. The second-order valence-electron chi connectivity index (χ2n) is 2.59. The second-order valence-corrected chi connectivity index (χ2v) is 2.59. The van der Waals surface area contributed by atoms with Crippen molar-refractivity contribution in [1.29, 1.82) is 0 Å². The molecular formula is C6H12O2. The van der Waals surface area contributed by atoms with Crippen LogP contribution in [0.15, 0.2) is 0 Å². The summed E-state index contributed by atoms with van der Waals surface area (Å²) >= 11 is 0. The fourth-order valence-corrected chi connectivity index (χ4v) is 0.668. The first-order valence-electron chi connectivity index (χ1n) is 2.94. The summed E-state index contributed by atoms with van der Waals surface area (Å²) in [6.07, 6.45) is 0.280. The molecule has 0 spiro atoms. The summed E-state index contributed by atoms with van der Waals surface area (Å²) < 4.78 is 10.3. The van der Waals surface area contributed by atoms with E-state index in [-0.39, 0.29) is 11.9 Å². The Morgan fingerprint density at radius 3 is 2.25 bits per heavy atom. The molecule has 0 saturated carbocycles. The number of ether oxygens (including phenoxy) is 2. The van der Waals surface area contributed by atoms with Crippen molar-refractivity contribution in [2.75, 3.05) is 6.61 Å². The highest BCUT2D eigenvalue weighted by Crippen LogP contribution is 2.28.